The number of fused-ring (bicyclic) bond motifs is 1. The van der Waals surface area contributed by atoms with Crippen LogP contribution in [0.2, 0.25) is 0 Å². The molecule has 1 N–H and O–H groups in total. The van der Waals surface area contributed by atoms with Crippen LogP contribution in [-0.4, -0.2) is 39.3 Å². The van der Waals surface area contributed by atoms with E-state index in [1.165, 1.54) is 0 Å². The van der Waals surface area contributed by atoms with Crippen LogP contribution in [0.25, 0.3) is 11.0 Å². The zero-order chi connectivity index (χ0) is 15.0. The van der Waals surface area contributed by atoms with Crippen molar-refractivity contribution in [3.8, 4) is 0 Å². The van der Waals surface area contributed by atoms with Crippen molar-refractivity contribution in [3.05, 3.63) is 30.1 Å². The highest BCUT2D eigenvalue weighted by molar-refractivity contribution is 5.76. The van der Waals surface area contributed by atoms with Crippen LogP contribution in [0.5, 0.6) is 0 Å². The Kier molecular flexibility index (Phi) is 3.91. The van der Waals surface area contributed by atoms with Gasteiger partial charge in [-0.05, 0) is 37.9 Å². The fourth-order valence-electron chi connectivity index (χ4n) is 3.09. The molecule has 1 saturated heterocycles. The molecule has 0 amide bonds. The van der Waals surface area contributed by atoms with Crippen molar-refractivity contribution in [3.63, 3.8) is 0 Å². The maximum atomic E-state index is 13.4. The summed E-state index contributed by atoms with van der Waals surface area (Å²) in [7, 11) is 0. The molecular formula is C15H19F2N3O. The minimum absolute atomic E-state index is 0.147. The van der Waals surface area contributed by atoms with Gasteiger partial charge in [0.25, 0.3) is 0 Å². The average Bonchev–Trinajstić information content (AvgIpc) is 3.10. The summed E-state index contributed by atoms with van der Waals surface area (Å²) in [6, 6.07) is 6.78. The van der Waals surface area contributed by atoms with Crippen molar-refractivity contribution in [2.45, 2.75) is 25.9 Å². The van der Waals surface area contributed by atoms with Crippen molar-refractivity contribution in [2.75, 3.05) is 19.7 Å². The first kappa shape index (κ1) is 14.4. The molecule has 0 saturated carbocycles. The maximum Gasteiger partial charge on any atom is 0.320 e. The minimum atomic E-state index is -2.61. The minimum Gasteiger partial charge on any atom is -0.396 e. The van der Waals surface area contributed by atoms with Crippen molar-refractivity contribution < 1.29 is 13.9 Å². The number of likely N-dealkylation sites (tertiary alicyclic amines) is 1. The van der Waals surface area contributed by atoms with Crippen LogP contribution in [0.4, 0.5) is 8.78 Å². The lowest BCUT2D eigenvalue weighted by molar-refractivity contribution is 0.0655. The molecule has 2 aromatic rings. The summed E-state index contributed by atoms with van der Waals surface area (Å²) >= 11 is 0. The normalized spacial score (nSPS) is 21.5. The van der Waals surface area contributed by atoms with Crippen molar-refractivity contribution in [1.29, 1.82) is 0 Å². The zero-order valence-electron chi connectivity index (χ0n) is 11.9. The molecule has 3 rings (SSSR count). The molecule has 0 spiro atoms. The molecule has 1 aromatic heterocycles. The molecule has 0 radical (unpaired) electrons. The number of alkyl halides is 2. The molecule has 114 valence electrons. The summed E-state index contributed by atoms with van der Waals surface area (Å²) in [5.41, 5.74) is 1.06. The quantitative estimate of drug-likeness (QED) is 0.943. The van der Waals surface area contributed by atoms with Gasteiger partial charge in [-0.3, -0.25) is 9.47 Å². The second-order valence-electron chi connectivity index (χ2n) is 5.61. The van der Waals surface area contributed by atoms with Crippen LogP contribution in [0, 0.1) is 5.92 Å². The van der Waals surface area contributed by atoms with Crippen molar-refractivity contribution in [2.24, 2.45) is 5.92 Å². The molecule has 0 aliphatic carbocycles. The summed E-state index contributed by atoms with van der Waals surface area (Å²) < 4.78 is 27.9. The summed E-state index contributed by atoms with van der Waals surface area (Å²) in [6.45, 7) is 0.975. The first-order valence-corrected chi connectivity index (χ1v) is 7.21. The molecule has 6 heteroatoms. The van der Waals surface area contributed by atoms with E-state index in [-0.39, 0.29) is 18.6 Å². The number of hydrogen-bond donors (Lipinski definition) is 1. The predicted octanol–water partition coefficient (Wildman–Crippen LogP) is 2.81. The van der Waals surface area contributed by atoms with Gasteiger partial charge in [-0.2, -0.15) is 8.78 Å². The first-order valence-electron chi connectivity index (χ1n) is 7.21. The highest BCUT2D eigenvalue weighted by Crippen LogP contribution is 2.31. The van der Waals surface area contributed by atoms with E-state index in [2.05, 4.69) is 9.88 Å². The van der Waals surface area contributed by atoms with Crippen LogP contribution in [0.3, 0.4) is 0 Å². The first-order chi connectivity index (χ1) is 10.1. The molecule has 2 atom stereocenters. The Labute approximate surface area is 122 Å². The lowest BCUT2D eigenvalue weighted by Crippen LogP contribution is -2.27. The van der Waals surface area contributed by atoms with Crippen LogP contribution >= 0.6 is 0 Å². The number of rotatable bonds is 4. The number of nitrogens with zero attached hydrogens (tertiary/aromatic N) is 3. The van der Waals surface area contributed by atoms with E-state index < -0.39 is 6.55 Å². The van der Waals surface area contributed by atoms with E-state index >= 15 is 0 Å². The monoisotopic (exact) mass is 295 g/mol. The number of halogens is 2. The zero-order valence-corrected chi connectivity index (χ0v) is 11.9. The third kappa shape index (κ3) is 2.53. The highest BCUT2D eigenvalue weighted by Gasteiger charge is 2.30. The van der Waals surface area contributed by atoms with Crippen LogP contribution in [0.15, 0.2) is 24.3 Å². The average molecular weight is 295 g/mol. The Bertz CT molecular complexity index is 628. The molecule has 1 aliphatic rings. The van der Waals surface area contributed by atoms with Crippen LogP contribution in [0.1, 0.15) is 31.8 Å². The van der Waals surface area contributed by atoms with Crippen LogP contribution < -0.4 is 0 Å². The van der Waals surface area contributed by atoms with Gasteiger partial charge >= 0.3 is 6.55 Å². The molecule has 21 heavy (non-hydrogen) atoms. The van der Waals surface area contributed by atoms with Gasteiger partial charge in [0.1, 0.15) is 5.82 Å². The Balaban J connectivity index is 1.97. The summed E-state index contributed by atoms with van der Waals surface area (Å²) in [5.74, 6) is 0.626. The molecule has 1 fully saturated rings. The van der Waals surface area contributed by atoms with E-state index in [1.54, 1.807) is 24.3 Å². The van der Waals surface area contributed by atoms with E-state index in [9.17, 15) is 13.9 Å². The molecule has 0 bridgehead atoms. The maximum absolute atomic E-state index is 13.4. The Morgan fingerprint density at radius 1 is 1.38 bits per heavy atom. The molecule has 2 unspecified atom stereocenters. The smallest absolute Gasteiger partial charge is 0.320 e. The topological polar surface area (TPSA) is 41.3 Å². The fraction of sp³-hybridized carbons (Fsp3) is 0.533. The van der Waals surface area contributed by atoms with E-state index in [0.717, 1.165) is 24.1 Å². The highest BCUT2D eigenvalue weighted by atomic mass is 19.3. The third-order valence-electron chi connectivity index (χ3n) is 4.32. The van der Waals surface area contributed by atoms with Gasteiger partial charge in [-0.1, -0.05) is 12.1 Å². The number of benzene rings is 1. The molecular weight excluding hydrogens is 276 g/mol. The molecule has 1 aromatic carbocycles. The third-order valence-corrected chi connectivity index (χ3v) is 4.32. The number of para-hydroxylation sites is 2. The van der Waals surface area contributed by atoms with Gasteiger partial charge in [0, 0.05) is 13.2 Å². The number of imidazole rings is 1. The van der Waals surface area contributed by atoms with Crippen molar-refractivity contribution >= 4 is 11.0 Å². The van der Waals surface area contributed by atoms with Gasteiger partial charge in [-0.15, -0.1) is 0 Å². The van der Waals surface area contributed by atoms with Gasteiger partial charge in [0.05, 0.1) is 17.1 Å². The summed E-state index contributed by atoms with van der Waals surface area (Å²) in [6.07, 6.45) is 0.899. The van der Waals surface area contributed by atoms with E-state index in [0.29, 0.717) is 16.9 Å². The van der Waals surface area contributed by atoms with Gasteiger partial charge < -0.3 is 5.11 Å². The molecule has 2 heterocycles. The second-order valence-corrected chi connectivity index (χ2v) is 5.61. The van der Waals surface area contributed by atoms with Gasteiger partial charge in [0.15, 0.2) is 0 Å². The summed E-state index contributed by atoms with van der Waals surface area (Å²) in [4.78, 5) is 6.52. The number of hydrogen-bond acceptors (Lipinski definition) is 3. The van der Waals surface area contributed by atoms with Gasteiger partial charge in [-0.25, -0.2) is 4.98 Å². The Hall–Kier alpha value is -1.53. The summed E-state index contributed by atoms with van der Waals surface area (Å²) in [5, 5.41) is 9.23. The van der Waals surface area contributed by atoms with Crippen molar-refractivity contribution in [1.82, 2.24) is 14.5 Å². The van der Waals surface area contributed by atoms with E-state index in [4.69, 9.17) is 0 Å². The fourth-order valence-corrected chi connectivity index (χ4v) is 3.09. The number of aromatic nitrogens is 2. The predicted molar refractivity (Wildman–Crippen MR) is 76.2 cm³/mol. The molecule has 1 aliphatic heterocycles. The second kappa shape index (κ2) is 5.69. The van der Waals surface area contributed by atoms with Gasteiger partial charge in [0.2, 0.25) is 0 Å². The lowest BCUT2D eigenvalue weighted by atomic mass is 10.1. The number of aliphatic hydroxyl groups excluding tert-OH is 1. The SMILES string of the molecule is CC(c1nc2ccccc2n1C(F)F)N1CCC(CO)C1. The lowest BCUT2D eigenvalue weighted by Gasteiger charge is -2.24. The number of aliphatic hydroxyl groups is 1. The Morgan fingerprint density at radius 3 is 2.81 bits per heavy atom. The van der Waals surface area contributed by atoms with E-state index in [1.807, 2.05) is 6.92 Å². The Morgan fingerprint density at radius 2 is 2.14 bits per heavy atom. The molecule has 4 nitrogen and oxygen atoms in total. The van der Waals surface area contributed by atoms with Crippen LogP contribution in [-0.2, 0) is 0 Å². The largest absolute Gasteiger partial charge is 0.396 e. The standard InChI is InChI=1S/C15H19F2N3O/c1-10(19-7-6-11(8-19)9-21)14-18-12-4-2-3-5-13(12)20(14)15(16)17/h2-5,10-11,15,21H,6-9H2,1H3.